The Balaban J connectivity index is 2.39. The van der Waals surface area contributed by atoms with E-state index in [0.29, 0.717) is 6.04 Å². The molecule has 0 bridgehead atoms. The first-order valence-corrected chi connectivity index (χ1v) is 5.17. The van der Waals surface area contributed by atoms with Crippen LogP contribution in [0, 0.1) is 5.82 Å². The lowest BCUT2D eigenvalue weighted by Crippen LogP contribution is -1.99. The summed E-state index contributed by atoms with van der Waals surface area (Å²) in [5.41, 5.74) is 7.51. The van der Waals surface area contributed by atoms with Gasteiger partial charge in [-0.05, 0) is 31.5 Å². The second kappa shape index (κ2) is 3.96. The molecule has 0 spiro atoms. The van der Waals surface area contributed by atoms with Gasteiger partial charge in [0.2, 0.25) is 0 Å². The topological polar surface area (TPSA) is 43.8 Å². The number of hydrogen-bond donors (Lipinski definition) is 1. The van der Waals surface area contributed by atoms with Crippen LogP contribution in [0.2, 0.25) is 0 Å². The number of benzene rings is 1. The van der Waals surface area contributed by atoms with Crippen molar-refractivity contribution >= 4 is 5.69 Å². The molecule has 1 aromatic heterocycles. The molecule has 1 aromatic carbocycles. The minimum Gasteiger partial charge on any atom is -0.396 e. The molecule has 0 radical (unpaired) electrons. The molecule has 16 heavy (non-hydrogen) atoms. The van der Waals surface area contributed by atoms with Crippen LogP contribution in [0.3, 0.4) is 0 Å². The van der Waals surface area contributed by atoms with Gasteiger partial charge in [-0.15, -0.1) is 0 Å². The molecular formula is C12H14FN3. The summed E-state index contributed by atoms with van der Waals surface area (Å²) in [4.78, 5) is 0. The van der Waals surface area contributed by atoms with Crippen molar-refractivity contribution in [3.63, 3.8) is 0 Å². The molecule has 4 heteroatoms. The van der Waals surface area contributed by atoms with Gasteiger partial charge < -0.3 is 5.73 Å². The second-order valence-electron chi connectivity index (χ2n) is 4.04. The number of anilines is 1. The Morgan fingerprint density at radius 1 is 1.31 bits per heavy atom. The standard InChI is InChI=1S/C12H14FN3/c1-8(2)16-7-10(6-15-16)9-3-4-11(13)12(14)5-9/h3-8H,14H2,1-2H3. The van der Waals surface area contributed by atoms with E-state index in [0.717, 1.165) is 11.1 Å². The average molecular weight is 219 g/mol. The fraction of sp³-hybridized carbons (Fsp3) is 0.250. The summed E-state index contributed by atoms with van der Waals surface area (Å²) in [5, 5.41) is 4.23. The van der Waals surface area contributed by atoms with Crippen LogP contribution in [0.15, 0.2) is 30.6 Å². The van der Waals surface area contributed by atoms with E-state index in [1.54, 1.807) is 18.3 Å². The van der Waals surface area contributed by atoms with Gasteiger partial charge in [0, 0.05) is 17.8 Å². The summed E-state index contributed by atoms with van der Waals surface area (Å²) in [6.45, 7) is 4.10. The van der Waals surface area contributed by atoms with Crippen molar-refractivity contribution in [2.75, 3.05) is 5.73 Å². The number of aromatic nitrogens is 2. The van der Waals surface area contributed by atoms with Crippen molar-refractivity contribution < 1.29 is 4.39 Å². The summed E-state index contributed by atoms with van der Waals surface area (Å²) < 4.78 is 14.9. The Morgan fingerprint density at radius 2 is 2.06 bits per heavy atom. The molecule has 1 heterocycles. The van der Waals surface area contributed by atoms with Crippen molar-refractivity contribution in [1.29, 1.82) is 0 Å². The lowest BCUT2D eigenvalue weighted by Gasteiger charge is -2.03. The first kappa shape index (κ1) is 10.7. The van der Waals surface area contributed by atoms with E-state index in [9.17, 15) is 4.39 Å². The molecule has 0 atom stereocenters. The Kier molecular flexibility index (Phi) is 2.64. The molecule has 0 fully saturated rings. The van der Waals surface area contributed by atoms with Gasteiger partial charge in [0.25, 0.3) is 0 Å². The second-order valence-corrected chi connectivity index (χ2v) is 4.04. The van der Waals surface area contributed by atoms with Gasteiger partial charge in [-0.25, -0.2) is 4.39 Å². The first-order valence-electron chi connectivity index (χ1n) is 5.17. The molecule has 84 valence electrons. The highest BCUT2D eigenvalue weighted by Crippen LogP contribution is 2.23. The van der Waals surface area contributed by atoms with Gasteiger partial charge in [-0.1, -0.05) is 6.07 Å². The third-order valence-electron chi connectivity index (χ3n) is 2.46. The molecule has 0 amide bonds. The monoisotopic (exact) mass is 219 g/mol. The zero-order valence-electron chi connectivity index (χ0n) is 9.31. The van der Waals surface area contributed by atoms with Gasteiger partial charge >= 0.3 is 0 Å². The fourth-order valence-electron chi connectivity index (χ4n) is 1.49. The zero-order valence-corrected chi connectivity index (χ0v) is 9.31. The molecule has 0 saturated carbocycles. The molecule has 2 N–H and O–H groups in total. The highest BCUT2D eigenvalue weighted by molar-refractivity contribution is 5.66. The Morgan fingerprint density at radius 3 is 2.62 bits per heavy atom. The number of nitrogen functional groups attached to an aromatic ring is 1. The smallest absolute Gasteiger partial charge is 0.146 e. The van der Waals surface area contributed by atoms with Crippen molar-refractivity contribution in [2.24, 2.45) is 0 Å². The Hall–Kier alpha value is -1.84. The lowest BCUT2D eigenvalue weighted by molar-refractivity contribution is 0.532. The van der Waals surface area contributed by atoms with E-state index in [1.807, 2.05) is 10.9 Å². The van der Waals surface area contributed by atoms with Gasteiger partial charge in [0.05, 0.1) is 11.9 Å². The van der Waals surface area contributed by atoms with Crippen molar-refractivity contribution in [3.8, 4) is 11.1 Å². The molecule has 0 aliphatic heterocycles. The molecule has 0 aliphatic rings. The number of rotatable bonds is 2. The highest BCUT2D eigenvalue weighted by atomic mass is 19.1. The Labute approximate surface area is 93.7 Å². The largest absolute Gasteiger partial charge is 0.396 e. The maximum atomic E-state index is 13.0. The maximum Gasteiger partial charge on any atom is 0.146 e. The molecule has 0 unspecified atom stereocenters. The fourth-order valence-corrected chi connectivity index (χ4v) is 1.49. The third kappa shape index (κ3) is 1.91. The molecule has 3 nitrogen and oxygen atoms in total. The number of hydrogen-bond acceptors (Lipinski definition) is 2. The van der Waals surface area contributed by atoms with Crippen LogP contribution in [0.25, 0.3) is 11.1 Å². The molecule has 0 aliphatic carbocycles. The predicted octanol–water partition coefficient (Wildman–Crippen LogP) is 2.85. The summed E-state index contributed by atoms with van der Waals surface area (Å²) in [5.74, 6) is -0.389. The van der Waals surface area contributed by atoms with Crippen LogP contribution >= 0.6 is 0 Å². The minimum absolute atomic E-state index is 0.162. The first-order chi connectivity index (χ1) is 7.58. The van der Waals surface area contributed by atoms with E-state index >= 15 is 0 Å². The summed E-state index contributed by atoms with van der Waals surface area (Å²) in [7, 11) is 0. The van der Waals surface area contributed by atoms with Gasteiger partial charge in [0.15, 0.2) is 0 Å². The summed E-state index contributed by atoms with van der Waals surface area (Å²) in [6, 6.07) is 5.01. The van der Waals surface area contributed by atoms with Crippen LogP contribution < -0.4 is 5.73 Å². The van der Waals surface area contributed by atoms with E-state index in [1.165, 1.54) is 6.07 Å². The van der Waals surface area contributed by atoms with Gasteiger partial charge in [-0.2, -0.15) is 5.10 Å². The summed E-state index contributed by atoms with van der Waals surface area (Å²) in [6.07, 6.45) is 3.68. The average Bonchev–Trinajstić information content (AvgIpc) is 2.71. The van der Waals surface area contributed by atoms with Crippen LogP contribution in [-0.2, 0) is 0 Å². The van der Waals surface area contributed by atoms with Gasteiger partial charge in [-0.3, -0.25) is 4.68 Å². The quantitative estimate of drug-likeness (QED) is 0.789. The van der Waals surface area contributed by atoms with Crippen LogP contribution in [0.4, 0.5) is 10.1 Å². The van der Waals surface area contributed by atoms with E-state index < -0.39 is 0 Å². The van der Waals surface area contributed by atoms with Crippen molar-refractivity contribution in [1.82, 2.24) is 9.78 Å². The van der Waals surface area contributed by atoms with E-state index in [4.69, 9.17) is 5.73 Å². The van der Waals surface area contributed by atoms with E-state index in [-0.39, 0.29) is 11.5 Å². The molecular weight excluding hydrogens is 205 g/mol. The molecule has 2 rings (SSSR count). The predicted molar refractivity (Wildman–Crippen MR) is 62.4 cm³/mol. The minimum atomic E-state index is -0.389. The van der Waals surface area contributed by atoms with Gasteiger partial charge in [0.1, 0.15) is 5.82 Å². The summed E-state index contributed by atoms with van der Waals surface area (Å²) >= 11 is 0. The molecule has 2 aromatic rings. The van der Waals surface area contributed by atoms with Crippen LogP contribution in [-0.4, -0.2) is 9.78 Å². The highest BCUT2D eigenvalue weighted by Gasteiger charge is 2.06. The number of nitrogens with two attached hydrogens (primary N) is 1. The SMILES string of the molecule is CC(C)n1cc(-c2ccc(F)c(N)c2)cn1. The van der Waals surface area contributed by atoms with E-state index in [2.05, 4.69) is 18.9 Å². The number of nitrogens with zero attached hydrogens (tertiary/aromatic N) is 2. The Bertz CT molecular complexity index is 503. The lowest BCUT2D eigenvalue weighted by atomic mass is 10.1. The van der Waals surface area contributed by atoms with Crippen LogP contribution in [0.5, 0.6) is 0 Å². The van der Waals surface area contributed by atoms with Crippen LogP contribution in [0.1, 0.15) is 19.9 Å². The third-order valence-corrected chi connectivity index (χ3v) is 2.46. The maximum absolute atomic E-state index is 13.0. The zero-order chi connectivity index (χ0) is 11.7. The van der Waals surface area contributed by atoms with Crippen molar-refractivity contribution in [2.45, 2.75) is 19.9 Å². The normalized spacial score (nSPS) is 11.0. The van der Waals surface area contributed by atoms with Crippen molar-refractivity contribution in [3.05, 3.63) is 36.4 Å². The number of halogens is 1. The molecule has 0 saturated heterocycles.